The zero-order chi connectivity index (χ0) is 23.8. The molecule has 0 unspecified atom stereocenters. The van der Waals surface area contributed by atoms with Gasteiger partial charge in [0.05, 0.1) is 17.9 Å². The third-order valence-corrected chi connectivity index (χ3v) is 5.10. The smallest absolute Gasteiger partial charge is 0.340 e. The van der Waals surface area contributed by atoms with Crippen LogP contribution < -0.4 is 10.1 Å². The number of fused-ring (bicyclic) bond motifs is 1. The highest BCUT2D eigenvalue weighted by molar-refractivity contribution is 6.08. The Labute approximate surface area is 194 Å². The Kier molecular flexibility index (Phi) is 8.22. The van der Waals surface area contributed by atoms with Gasteiger partial charge in [0, 0.05) is 12.6 Å². The molecule has 0 saturated carbocycles. The minimum atomic E-state index is -0.513. The van der Waals surface area contributed by atoms with E-state index in [-0.39, 0.29) is 18.1 Å². The van der Waals surface area contributed by atoms with Crippen molar-refractivity contribution in [1.29, 1.82) is 0 Å². The average molecular weight is 447 g/mol. The molecule has 0 aliphatic rings. The summed E-state index contributed by atoms with van der Waals surface area (Å²) in [6.07, 6.45) is 1.53. The highest BCUT2D eigenvalue weighted by Gasteiger charge is 2.16. The Morgan fingerprint density at radius 3 is 2.48 bits per heavy atom. The molecule has 0 heterocycles. The van der Waals surface area contributed by atoms with Crippen LogP contribution in [0.1, 0.15) is 29.8 Å². The quantitative estimate of drug-likeness (QED) is 0.370. The number of rotatable bonds is 9. The number of ether oxygens (including phenoxy) is 2. The van der Waals surface area contributed by atoms with E-state index in [1.807, 2.05) is 56.3 Å². The van der Waals surface area contributed by atoms with Crippen molar-refractivity contribution in [3.05, 3.63) is 77.9 Å². The van der Waals surface area contributed by atoms with E-state index < -0.39 is 5.97 Å². The van der Waals surface area contributed by atoms with Gasteiger partial charge in [-0.3, -0.25) is 4.79 Å². The highest BCUT2D eigenvalue weighted by atomic mass is 16.5. The molecule has 3 rings (SSSR count). The molecule has 1 N–H and O–H groups in total. The van der Waals surface area contributed by atoms with Crippen LogP contribution >= 0.6 is 0 Å². The topological polar surface area (TPSA) is 67.9 Å². The standard InChI is InChI=1S/C27H30N2O4/c1-5-32-27(31)24-18-23(33-15-14-29(3)4)12-13-25(24)28-26(30)16-19(2)21-11-10-20-8-6-7-9-22(20)17-21/h6-13,16-18H,5,14-15H2,1-4H3,(H,28,30). The van der Waals surface area contributed by atoms with Crippen molar-refractivity contribution in [2.24, 2.45) is 0 Å². The number of allylic oxidation sites excluding steroid dienone is 1. The van der Waals surface area contributed by atoms with E-state index >= 15 is 0 Å². The second kappa shape index (κ2) is 11.3. The van der Waals surface area contributed by atoms with Crippen molar-refractivity contribution < 1.29 is 19.1 Å². The van der Waals surface area contributed by atoms with Gasteiger partial charge < -0.3 is 19.7 Å². The van der Waals surface area contributed by atoms with E-state index in [0.29, 0.717) is 18.0 Å². The zero-order valence-electron chi connectivity index (χ0n) is 19.6. The van der Waals surface area contributed by atoms with Gasteiger partial charge >= 0.3 is 5.97 Å². The third-order valence-electron chi connectivity index (χ3n) is 5.10. The van der Waals surface area contributed by atoms with Crippen LogP contribution in [0.4, 0.5) is 5.69 Å². The van der Waals surface area contributed by atoms with E-state index in [1.165, 1.54) is 6.08 Å². The number of esters is 1. The first-order chi connectivity index (χ1) is 15.9. The Morgan fingerprint density at radius 1 is 1.00 bits per heavy atom. The molecule has 172 valence electrons. The molecular weight excluding hydrogens is 416 g/mol. The molecule has 6 nitrogen and oxygen atoms in total. The molecule has 0 radical (unpaired) electrons. The lowest BCUT2D eigenvalue weighted by Crippen LogP contribution is -2.19. The molecule has 0 saturated heterocycles. The van der Waals surface area contributed by atoms with Crippen molar-refractivity contribution in [2.75, 3.05) is 39.2 Å². The molecule has 0 fully saturated rings. The number of nitrogens with one attached hydrogen (secondary N) is 1. The van der Waals surface area contributed by atoms with E-state index in [1.54, 1.807) is 25.1 Å². The summed E-state index contributed by atoms with van der Waals surface area (Å²) in [5.41, 5.74) is 2.41. The van der Waals surface area contributed by atoms with Gasteiger partial charge in [0.1, 0.15) is 12.4 Å². The fourth-order valence-electron chi connectivity index (χ4n) is 3.33. The van der Waals surface area contributed by atoms with Crippen LogP contribution in [0.5, 0.6) is 5.75 Å². The first-order valence-corrected chi connectivity index (χ1v) is 10.9. The SMILES string of the molecule is CCOC(=O)c1cc(OCCN(C)C)ccc1NC(=O)C=C(C)c1ccc2ccccc2c1. The molecule has 3 aromatic carbocycles. The molecule has 0 aromatic heterocycles. The van der Waals surface area contributed by atoms with Crippen molar-refractivity contribution in [2.45, 2.75) is 13.8 Å². The number of likely N-dealkylation sites (N-methyl/N-ethyl adjacent to an activating group) is 1. The van der Waals surface area contributed by atoms with Crippen LogP contribution in [-0.4, -0.2) is 50.6 Å². The predicted octanol–water partition coefficient (Wildman–Crippen LogP) is 5.00. The maximum Gasteiger partial charge on any atom is 0.340 e. The van der Waals surface area contributed by atoms with Gasteiger partial charge in [0.25, 0.3) is 0 Å². The summed E-state index contributed by atoms with van der Waals surface area (Å²) in [4.78, 5) is 27.2. The third kappa shape index (κ3) is 6.67. The Hall–Kier alpha value is -3.64. The van der Waals surface area contributed by atoms with Gasteiger partial charge in [0.15, 0.2) is 0 Å². The monoisotopic (exact) mass is 446 g/mol. The number of anilines is 1. The number of carbonyl (C=O) groups is 2. The summed E-state index contributed by atoms with van der Waals surface area (Å²) in [6, 6.07) is 19.2. The molecular formula is C27H30N2O4. The molecule has 0 spiro atoms. The number of hydrogen-bond acceptors (Lipinski definition) is 5. The molecule has 1 amide bonds. The lowest BCUT2D eigenvalue weighted by atomic mass is 10.0. The number of amides is 1. The zero-order valence-corrected chi connectivity index (χ0v) is 19.6. The van der Waals surface area contributed by atoms with Gasteiger partial charge in [-0.2, -0.15) is 0 Å². The molecule has 0 atom stereocenters. The second-order valence-corrected chi connectivity index (χ2v) is 7.96. The number of hydrogen-bond donors (Lipinski definition) is 1. The summed E-state index contributed by atoms with van der Waals surface area (Å²) in [6.45, 7) is 5.08. The fourth-order valence-corrected chi connectivity index (χ4v) is 3.33. The van der Waals surface area contributed by atoms with E-state index in [9.17, 15) is 9.59 Å². The minimum Gasteiger partial charge on any atom is -0.492 e. The van der Waals surface area contributed by atoms with Crippen molar-refractivity contribution >= 4 is 33.9 Å². The van der Waals surface area contributed by atoms with Crippen LogP contribution in [0, 0.1) is 0 Å². The average Bonchev–Trinajstić information content (AvgIpc) is 2.79. The van der Waals surface area contributed by atoms with Crippen molar-refractivity contribution in [3.63, 3.8) is 0 Å². The molecule has 0 aliphatic heterocycles. The summed E-state index contributed by atoms with van der Waals surface area (Å²) < 4.78 is 10.9. The van der Waals surface area contributed by atoms with Gasteiger partial charge in [-0.25, -0.2) is 4.79 Å². The van der Waals surface area contributed by atoms with Gasteiger partial charge in [-0.1, -0.05) is 36.4 Å². The first-order valence-electron chi connectivity index (χ1n) is 10.9. The van der Waals surface area contributed by atoms with Gasteiger partial charge in [-0.05, 0) is 74.1 Å². The van der Waals surface area contributed by atoms with Crippen LogP contribution in [-0.2, 0) is 9.53 Å². The van der Waals surface area contributed by atoms with E-state index in [4.69, 9.17) is 9.47 Å². The number of benzene rings is 3. The summed E-state index contributed by atoms with van der Waals surface area (Å²) in [7, 11) is 3.92. The lowest BCUT2D eigenvalue weighted by Gasteiger charge is -2.14. The van der Waals surface area contributed by atoms with E-state index in [0.717, 1.165) is 28.5 Å². The lowest BCUT2D eigenvalue weighted by molar-refractivity contribution is -0.111. The van der Waals surface area contributed by atoms with Crippen LogP contribution in [0.15, 0.2) is 66.7 Å². The minimum absolute atomic E-state index is 0.235. The van der Waals surface area contributed by atoms with Crippen molar-refractivity contribution in [1.82, 2.24) is 4.90 Å². The Bertz CT molecular complexity index is 1170. The normalized spacial score (nSPS) is 11.5. The Balaban J connectivity index is 1.79. The molecule has 6 heteroatoms. The maximum absolute atomic E-state index is 12.7. The second-order valence-electron chi connectivity index (χ2n) is 7.96. The van der Waals surface area contributed by atoms with Gasteiger partial charge in [-0.15, -0.1) is 0 Å². The number of nitrogens with zero attached hydrogens (tertiary/aromatic N) is 1. The molecule has 0 aliphatic carbocycles. The largest absolute Gasteiger partial charge is 0.492 e. The summed E-state index contributed by atoms with van der Waals surface area (Å²) >= 11 is 0. The first kappa shape index (κ1) is 24.0. The fraction of sp³-hybridized carbons (Fsp3) is 0.259. The van der Waals surface area contributed by atoms with Crippen LogP contribution in [0.3, 0.4) is 0 Å². The maximum atomic E-state index is 12.7. The van der Waals surface area contributed by atoms with Crippen molar-refractivity contribution in [3.8, 4) is 5.75 Å². The highest BCUT2D eigenvalue weighted by Crippen LogP contribution is 2.25. The molecule has 0 bridgehead atoms. The predicted molar refractivity (Wildman–Crippen MR) is 133 cm³/mol. The van der Waals surface area contributed by atoms with Gasteiger partial charge in [0.2, 0.25) is 5.91 Å². The van der Waals surface area contributed by atoms with Crippen LogP contribution in [0.2, 0.25) is 0 Å². The molecule has 33 heavy (non-hydrogen) atoms. The Morgan fingerprint density at radius 2 is 1.76 bits per heavy atom. The summed E-state index contributed by atoms with van der Waals surface area (Å²) in [5, 5.41) is 5.06. The molecule has 3 aromatic rings. The summed E-state index contributed by atoms with van der Waals surface area (Å²) in [5.74, 6) is -0.297. The van der Waals surface area contributed by atoms with Crippen LogP contribution in [0.25, 0.3) is 16.3 Å². The van der Waals surface area contributed by atoms with E-state index in [2.05, 4.69) is 17.4 Å². The number of carbonyl (C=O) groups excluding carboxylic acids is 2.